The number of benzene rings is 2. The molecule has 0 radical (unpaired) electrons. The zero-order valence-corrected chi connectivity index (χ0v) is 16.4. The highest BCUT2D eigenvalue weighted by atomic mass is 16.5. The maximum Gasteiger partial charge on any atom is 0.329 e. The van der Waals surface area contributed by atoms with Crippen molar-refractivity contribution < 1.29 is 14.3 Å². The molecule has 8 heteroatoms. The normalized spacial score (nSPS) is 15.0. The van der Waals surface area contributed by atoms with Gasteiger partial charge in [0.15, 0.2) is 0 Å². The maximum absolute atomic E-state index is 13.1. The number of aromatic nitrogens is 3. The summed E-state index contributed by atoms with van der Waals surface area (Å²) in [5.41, 5.74) is 0.615. The van der Waals surface area contributed by atoms with Gasteiger partial charge >= 0.3 is 5.97 Å². The van der Waals surface area contributed by atoms with Crippen molar-refractivity contribution in [3.63, 3.8) is 0 Å². The van der Waals surface area contributed by atoms with Gasteiger partial charge in [-0.2, -0.15) is 4.68 Å². The Kier molecular flexibility index (Phi) is 5.83. The number of carbonyl (C=O) groups excluding carboxylic acids is 2. The maximum atomic E-state index is 13.1. The summed E-state index contributed by atoms with van der Waals surface area (Å²) in [6.07, 6.45) is 1.90. The predicted octanol–water partition coefficient (Wildman–Crippen LogP) is 2.09. The fraction of sp³-hybridized carbons (Fsp3) is 0.318. The second-order valence-electron chi connectivity index (χ2n) is 7.24. The lowest BCUT2D eigenvalue weighted by Gasteiger charge is -2.30. The van der Waals surface area contributed by atoms with E-state index in [9.17, 15) is 14.4 Å². The third kappa shape index (κ3) is 4.22. The molecule has 1 amide bonds. The van der Waals surface area contributed by atoms with Crippen molar-refractivity contribution >= 4 is 22.8 Å². The molecule has 2 aromatic carbocycles. The number of amides is 1. The molecule has 4 rings (SSSR count). The second kappa shape index (κ2) is 8.86. The predicted molar refractivity (Wildman–Crippen MR) is 110 cm³/mol. The number of fused-ring (bicyclic) bond motifs is 1. The molecular formula is C22H22N4O4. The lowest BCUT2D eigenvalue weighted by molar-refractivity contribution is -0.162. The smallest absolute Gasteiger partial charge is 0.329 e. The quantitative estimate of drug-likeness (QED) is 0.602. The third-order valence-electron chi connectivity index (χ3n) is 5.15. The van der Waals surface area contributed by atoms with Crippen LogP contribution in [0, 0.1) is 0 Å². The molecule has 2 heterocycles. The van der Waals surface area contributed by atoms with Crippen molar-refractivity contribution in [2.24, 2.45) is 0 Å². The van der Waals surface area contributed by atoms with Crippen molar-refractivity contribution in [1.82, 2.24) is 19.9 Å². The van der Waals surface area contributed by atoms with Crippen LogP contribution in [0.5, 0.6) is 0 Å². The third-order valence-corrected chi connectivity index (χ3v) is 5.15. The molecule has 0 aliphatic carbocycles. The van der Waals surface area contributed by atoms with E-state index in [0.29, 0.717) is 29.6 Å². The largest absolute Gasteiger partial charge is 0.446 e. The van der Waals surface area contributed by atoms with Gasteiger partial charge in [-0.05, 0) is 31.4 Å². The minimum Gasteiger partial charge on any atom is -0.446 e. The molecular weight excluding hydrogens is 384 g/mol. The Morgan fingerprint density at radius 2 is 1.67 bits per heavy atom. The van der Waals surface area contributed by atoms with E-state index in [4.69, 9.17) is 4.74 Å². The monoisotopic (exact) mass is 406 g/mol. The van der Waals surface area contributed by atoms with Gasteiger partial charge in [0.05, 0.1) is 5.39 Å². The van der Waals surface area contributed by atoms with Crippen LogP contribution in [0.3, 0.4) is 0 Å². The van der Waals surface area contributed by atoms with Gasteiger partial charge in [0, 0.05) is 18.7 Å². The molecule has 154 valence electrons. The Morgan fingerprint density at radius 3 is 2.43 bits per heavy atom. The van der Waals surface area contributed by atoms with Crippen LogP contribution < -0.4 is 5.56 Å². The fourth-order valence-electron chi connectivity index (χ4n) is 3.59. The van der Waals surface area contributed by atoms with Crippen LogP contribution in [0.15, 0.2) is 59.4 Å². The molecule has 1 saturated heterocycles. The molecule has 0 spiro atoms. The number of likely N-dealkylation sites (tertiary alicyclic amines) is 1. The molecule has 1 aliphatic heterocycles. The molecule has 0 saturated carbocycles. The highest BCUT2D eigenvalue weighted by Gasteiger charge is 2.30. The van der Waals surface area contributed by atoms with Crippen molar-refractivity contribution in [1.29, 1.82) is 0 Å². The SMILES string of the molecule is O=C(Cn1nnc2ccccc2c1=O)OC(C(=O)N1CCCCC1)c1ccccc1. The summed E-state index contributed by atoms with van der Waals surface area (Å²) in [6, 6.07) is 15.7. The summed E-state index contributed by atoms with van der Waals surface area (Å²) >= 11 is 0. The van der Waals surface area contributed by atoms with Crippen molar-refractivity contribution in [3.8, 4) is 0 Å². The van der Waals surface area contributed by atoms with Crippen molar-refractivity contribution in [2.75, 3.05) is 13.1 Å². The molecule has 1 unspecified atom stereocenters. The van der Waals surface area contributed by atoms with Gasteiger partial charge in [0.2, 0.25) is 6.10 Å². The number of hydrogen-bond donors (Lipinski definition) is 0. The lowest BCUT2D eigenvalue weighted by atomic mass is 10.1. The van der Waals surface area contributed by atoms with Gasteiger partial charge < -0.3 is 9.64 Å². The number of carbonyl (C=O) groups is 2. The summed E-state index contributed by atoms with van der Waals surface area (Å²) in [5.74, 6) is -0.966. The first-order chi connectivity index (χ1) is 14.6. The van der Waals surface area contributed by atoms with Crippen LogP contribution in [0.2, 0.25) is 0 Å². The van der Waals surface area contributed by atoms with Crippen LogP contribution in [-0.4, -0.2) is 44.9 Å². The minimum absolute atomic E-state index is 0.244. The van der Waals surface area contributed by atoms with E-state index < -0.39 is 24.2 Å². The molecule has 1 fully saturated rings. The Balaban J connectivity index is 1.55. The highest BCUT2D eigenvalue weighted by molar-refractivity contribution is 5.85. The average molecular weight is 406 g/mol. The minimum atomic E-state index is -1.05. The van der Waals surface area contributed by atoms with E-state index in [1.165, 1.54) is 0 Å². The number of nitrogens with zero attached hydrogens (tertiary/aromatic N) is 4. The van der Waals surface area contributed by atoms with E-state index in [1.54, 1.807) is 53.4 Å². The van der Waals surface area contributed by atoms with Gasteiger partial charge in [-0.15, -0.1) is 5.10 Å². The van der Waals surface area contributed by atoms with Crippen molar-refractivity contribution in [3.05, 3.63) is 70.5 Å². The number of hydrogen-bond acceptors (Lipinski definition) is 6. The molecule has 3 aromatic rings. The van der Waals surface area contributed by atoms with E-state index in [2.05, 4.69) is 10.3 Å². The molecule has 1 aromatic heterocycles. The topological polar surface area (TPSA) is 94.4 Å². The summed E-state index contributed by atoms with van der Waals surface area (Å²) in [7, 11) is 0. The number of esters is 1. The van der Waals surface area contributed by atoms with Crippen LogP contribution >= 0.6 is 0 Å². The van der Waals surface area contributed by atoms with E-state index >= 15 is 0 Å². The first kappa shape index (κ1) is 19.8. The van der Waals surface area contributed by atoms with Crippen LogP contribution in [-0.2, 0) is 20.9 Å². The van der Waals surface area contributed by atoms with Gasteiger partial charge in [0.25, 0.3) is 11.5 Å². The van der Waals surface area contributed by atoms with Gasteiger partial charge in [-0.25, -0.2) is 0 Å². The Hall–Kier alpha value is -3.55. The first-order valence-electron chi connectivity index (χ1n) is 9.99. The Labute approximate surface area is 173 Å². The fourth-order valence-corrected chi connectivity index (χ4v) is 3.59. The van der Waals surface area contributed by atoms with Crippen molar-refractivity contribution in [2.45, 2.75) is 31.9 Å². The second-order valence-corrected chi connectivity index (χ2v) is 7.24. The highest BCUT2D eigenvalue weighted by Crippen LogP contribution is 2.23. The molecule has 8 nitrogen and oxygen atoms in total. The lowest BCUT2D eigenvalue weighted by Crippen LogP contribution is -2.40. The van der Waals surface area contributed by atoms with Gasteiger partial charge in [0.1, 0.15) is 12.1 Å². The molecule has 30 heavy (non-hydrogen) atoms. The Morgan fingerprint density at radius 1 is 0.967 bits per heavy atom. The van der Waals surface area contributed by atoms with Crippen LogP contribution in [0.1, 0.15) is 30.9 Å². The van der Waals surface area contributed by atoms with E-state index in [-0.39, 0.29) is 5.91 Å². The molecule has 0 bridgehead atoms. The van der Waals surface area contributed by atoms with Gasteiger partial charge in [-0.3, -0.25) is 14.4 Å². The van der Waals surface area contributed by atoms with Crippen LogP contribution in [0.25, 0.3) is 10.9 Å². The molecule has 1 atom stereocenters. The standard InChI is InChI=1S/C22H22N4O4/c27-19(15-26-21(28)17-11-5-6-12-18(17)23-24-26)30-20(16-9-3-1-4-10-16)22(29)25-13-7-2-8-14-25/h1,3-6,9-12,20H,2,7-8,13-15H2. The number of piperidine rings is 1. The zero-order chi connectivity index (χ0) is 20.9. The van der Waals surface area contributed by atoms with E-state index in [0.717, 1.165) is 23.9 Å². The summed E-state index contributed by atoms with van der Waals surface area (Å²) in [5, 5.41) is 8.16. The first-order valence-corrected chi connectivity index (χ1v) is 9.99. The number of rotatable bonds is 5. The Bertz CT molecular complexity index is 1110. The summed E-state index contributed by atoms with van der Waals surface area (Å²) in [6.45, 7) is 0.873. The average Bonchev–Trinajstić information content (AvgIpc) is 2.80. The summed E-state index contributed by atoms with van der Waals surface area (Å²) in [4.78, 5) is 40.0. The van der Waals surface area contributed by atoms with Crippen LogP contribution in [0.4, 0.5) is 0 Å². The summed E-state index contributed by atoms with van der Waals surface area (Å²) < 4.78 is 6.52. The zero-order valence-electron chi connectivity index (χ0n) is 16.4. The molecule has 0 N–H and O–H groups in total. The van der Waals surface area contributed by atoms with E-state index in [1.807, 2.05) is 6.07 Å². The molecule has 1 aliphatic rings. The number of ether oxygens (including phenoxy) is 1. The van der Waals surface area contributed by atoms with Gasteiger partial charge in [-0.1, -0.05) is 47.7 Å².